The highest BCUT2D eigenvalue weighted by Gasteiger charge is 2.22. The van der Waals surface area contributed by atoms with E-state index in [4.69, 9.17) is 13.8 Å². The number of aromatic nitrogens is 1. The second kappa shape index (κ2) is 11.0. The van der Waals surface area contributed by atoms with Gasteiger partial charge in [-0.15, -0.1) is 0 Å². The van der Waals surface area contributed by atoms with Gasteiger partial charge >= 0.3 is 0 Å². The van der Waals surface area contributed by atoms with E-state index in [1.807, 2.05) is 42.5 Å². The van der Waals surface area contributed by atoms with Crippen LogP contribution >= 0.6 is 0 Å². The smallest absolute Gasteiger partial charge is 0.227 e. The fourth-order valence-corrected chi connectivity index (χ4v) is 7.15. The lowest BCUT2D eigenvalue weighted by Gasteiger charge is -2.27. The van der Waals surface area contributed by atoms with Crippen molar-refractivity contribution in [3.63, 3.8) is 0 Å². The molecule has 0 saturated heterocycles. The molecule has 0 radical (unpaired) electrons. The molecule has 49 heavy (non-hydrogen) atoms. The minimum absolute atomic E-state index is 0.611. The van der Waals surface area contributed by atoms with Crippen molar-refractivity contribution < 1.29 is 8.83 Å². The molecular formula is C45H28N2O2. The van der Waals surface area contributed by atoms with Gasteiger partial charge in [0.05, 0.1) is 5.69 Å². The van der Waals surface area contributed by atoms with Gasteiger partial charge in [0.25, 0.3) is 0 Å². The third-order valence-corrected chi connectivity index (χ3v) is 9.47. The van der Waals surface area contributed by atoms with Gasteiger partial charge in [0, 0.05) is 38.5 Å². The van der Waals surface area contributed by atoms with E-state index >= 15 is 0 Å². The van der Waals surface area contributed by atoms with Crippen LogP contribution in [0.1, 0.15) is 0 Å². The van der Waals surface area contributed by atoms with Crippen molar-refractivity contribution in [1.82, 2.24) is 4.98 Å². The van der Waals surface area contributed by atoms with E-state index in [-0.39, 0.29) is 0 Å². The Balaban J connectivity index is 1.17. The molecule has 10 rings (SSSR count). The maximum absolute atomic E-state index is 6.60. The van der Waals surface area contributed by atoms with E-state index in [0.717, 1.165) is 88.3 Å². The van der Waals surface area contributed by atoms with Crippen LogP contribution in [0.15, 0.2) is 179 Å². The summed E-state index contributed by atoms with van der Waals surface area (Å²) >= 11 is 0. The van der Waals surface area contributed by atoms with Crippen molar-refractivity contribution in [3.8, 4) is 22.6 Å². The van der Waals surface area contributed by atoms with Crippen LogP contribution < -0.4 is 4.90 Å². The van der Waals surface area contributed by atoms with E-state index in [2.05, 4.69) is 132 Å². The number of para-hydroxylation sites is 2. The summed E-state index contributed by atoms with van der Waals surface area (Å²) in [5.41, 5.74) is 9.78. The first-order valence-electron chi connectivity index (χ1n) is 16.5. The molecule has 8 aromatic carbocycles. The summed E-state index contributed by atoms with van der Waals surface area (Å²) in [5, 5.41) is 6.68. The average Bonchev–Trinajstić information content (AvgIpc) is 3.77. The summed E-state index contributed by atoms with van der Waals surface area (Å²) in [4.78, 5) is 7.39. The lowest BCUT2D eigenvalue weighted by atomic mass is 9.98. The predicted molar refractivity (Wildman–Crippen MR) is 202 cm³/mol. The number of hydrogen-bond acceptors (Lipinski definition) is 4. The highest BCUT2D eigenvalue weighted by atomic mass is 16.3. The second-order valence-corrected chi connectivity index (χ2v) is 12.4. The Hall–Kier alpha value is -6.65. The SMILES string of the molecule is c1ccc(-c2nc3cc(N(c4ccccc4)c4ccc(-c5ccc6oc7ccccc7c6c5)cc4)c4ccc5ccccc5c4c3o2)cc1. The number of oxazole rings is 1. The molecule has 0 atom stereocenters. The van der Waals surface area contributed by atoms with E-state index in [9.17, 15) is 0 Å². The lowest BCUT2D eigenvalue weighted by Crippen LogP contribution is -2.10. The fourth-order valence-electron chi connectivity index (χ4n) is 7.15. The minimum Gasteiger partial charge on any atom is -0.456 e. The maximum Gasteiger partial charge on any atom is 0.227 e. The molecule has 2 aromatic heterocycles. The molecule has 0 aliphatic rings. The highest BCUT2D eigenvalue weighted by Crippen LogP contribution is 2.45. The van der Waals surface area contributed by atoms with Gasteiger partial charge in [-0.3, -0.25) is 0 Å². The van der Waals surface area contributed by atoms with E-state index in [1.54, 1.807) is 0 Å². The summed E-state index contributed by atoms with van der Waals surface area (Å²) in [5.74, 6) is 0.611. The van der Waals surface area contributed by atoms with Crippen LogP contribution in [0.2, 0.25) is 0 Å². The number of rotatable bonds is 5. The predicted octanol–water partition coefficient (Wildman–Crippen LogP) is 12.8. The Morgan fingerprint density at radius 3 is 1.94 bits per heavy atom. The van der Waals surface area contributed by atoms with Crippen LogP contribution in [0.4, 0.5) is 17.1 Å². The molecule has 0 N–H and O–H groups in total. The minimum atomic E-state index is 0.611. The van der Waals surface area contributed by atoms with Crippen LogP contribution in [0.5, 0.6) is 0 Å². The number of nitrogens with zero attached hydrogens (tertiary/aromatic N) is 2. The number of hydrogen-bond donors (Lipinski definition) is 0. The van der Waals surface area contributed by atoms with Gasteiger partial charge in [-0.05, 0) is 82.6 Å². The number of fused-ring (bicyclic) bond motifs is 8. The monoisotopic (exact) mass is 628 g/mol. The Morgan fingerprint density at radius 1 is 0.429 bits per heavy atom. The molecule has 0 spiro atoms. The Morgan fingerprint density at radius 2 is 1.10 bits per heavy atom. The zero-order valence-electron chi connectivity index (χ0n) is 26.4. The summed E-state index contributed by atoms with van der Waals surface area (Å²) in [6.07, 6.45) is 0. The van der Waals surface area contributed by atoms with Gasteiger partial charge in [-0.2, -0.15) is 0 Å². The van der Waals surface area contributed by atoms with E-state index < -0.39 is 0 Å². The zero-order chi connectivity index (χ0) is 32.3. The Bertz CT molecular complexity index is 2820. The third-order valence-electron chi connectivity index (χ3n) is 9.47. The molecule has 0 bridgehead atoms. The molecule has 10 aromatic rings. The molecule has 0 fully saturated rings. The van der Waals surface area contributed by atoms with Gasteiger partial charge in [0.1, 0.15) is 16.7 Å². The summed E-state index contributed by atoms with van der Waals surface area (Å²) in [6.45, 7) is 0. The standard InChI is InChI=1S/C45H28N2O2/c1-3-12-31(13-4-1)45-46-39-28-40(37-25-21-30-11-7-8-16-35(30)43(37)44(39)49-45)47(33-14-5-2-6-15-33)34-23-19-29(20-24-34)32-22-26-42-38(27-32)36-17-9-10-18-41(36)48-42/h1-28H. The third kappa shape index (κ3) is 4.49. The molecule has 0 amide bonds. The van der Waals surface area contributed by atoms with Crippen molar-refractivity contribution in [2.24, 2.45) is 0 Å². The van der Waals surface area contributed by atoms with Crippen LogP contribution in [-0.2, 0) is 0 Å². The van der Waals surface area contributed by atoms with Crippen molar-refractivity contribution in [1.29, 1.82) is 0 Å². The Kier molecular flexibility index (Phi) is 6.15. The van der Waals surface area contributed by atoms with Crippen molar-refractivity contribution in [2.45, 2.75) is 0 Å². The maximum atomic E-state index is 6.60. The van der Waals surface area contributed by atoms with Crippen LogP contribution in [0, 0.1) is 0 Å². The molecule has 230 valence electrons. The molecular weight excluding hydrogens is 601 g/mol. The van der Waals surface area contributed by atoms with Crippen molar-refractivity contribution >= 4 is 71.6 Å². The molecule has 0 saturated carbocycles. The van der Waals surface area contributed by atoms with Crippen molar-refractivity contribution in [3.05, 3.63) is 170 Å². The number of anilines is 3. The summed E-state index contributed by atoms with van der Waals surface area (Å²) in [6, 6.07) is 59.2. The van der Waals surface area contributed by atoms with Gasteiger partial charge in [0.2, 0.25) is 5.89 Å². The molecule has 0 aliphatic heterocycles. The van der Waals surface area contributed by atoms with E-state index in [1.165, 1.54) is 0 Å². The largest absolute Gasteiger partial charge is 0.456 e. The number of furan rings is 1. The van der Waals surface area contributed by atoms with Gasteiger partial charge < -0.3 is 13.7 Å². The fraction of sp³-hybridized carbons (Fsp3) is 0. The van der Waals surface area contributed by atoms with Crippen LogP contribution in [-0.4, -0.2) is 4.98 Å². The van der Waals surface area contributed by atoms with Gasteiger partial charge in [-0.1, -0.05) is 109 Å². The van der Waals surface area contributed by atoms with Crippen LogP contribution in [0.25, 0.3) is 77.2 Å². The summed E-state index contributed by atoms with van der Waals surface area (Å²) < 4.78 is 12.7. The molecule has 4 nitrogen and oxygen atoms in total. The highest BCUT2D eigenvalue weighted by molar-refractivity contribution is 6.22. The first kappa shape index (κ1) is 27.5. The lowest BCUT2D eigenvalue weighted by molar-refractivity contribution is 0.623. The van der Waals surface area contributed by atoms with Gasteiger partial charge in [-0.25, -0.2) is 4.98 Å². The van der Waals surface area contributed by atoms with Crippen LogP contribution in [0.3, 0.4) is 0 Å². The molecule has 0 unspecified atom stereocenters. The molecule has 4 heteroatoms. The number of benzene rings is 8. The van der Waals surface area contributed by atoms with Gasteiger partial charge in [0.15, 0.2) is 5.58 Å². The second-order valence-electron chi connectivity index (χ2n) is 12.4. The Labute approximate surface area is 282 Å². The van der Waals surface area contributed by atoms with Crippen molar-refractivity contribution in [2.75, 3.05) is 4.90 Å². The molecule has 2 heterocycles. The first-order chi connectivity index (χ1) is 24.3. The summed E-state index contributed by atoms with van der Waals surface area (Å²) in [7, 11) is 0. The average molecular weight is 629 g/mol. The topological polar surface area (TPSA) is 42.4 Å². The zero-order valence-corrected chi connectivity index (χ0v) is 26.4. The van der Waals surface area contributed by atoms with E-state index in [0.29, 0.717) is 5.89 Å². The normalized spacial score (nSPS) is 11.7. The first-order valence-corrected chi connectivity index (χ1v) is 16.5. The quantitative estimate of drug-likeness (QED) is 0.178. The molecule has 0 aliphatic carbocycles.